The lowest BCUT2D eigenvalue weighted by atomic mass is 9.71. The molecule has 0 radical (unpaired) electrons. The fourth-order valence-corrected chi connectivity index (χ4v) is 9.53. The van der Waals surface area contributed by atoms with Crippen LogP contribution in [0.15, 0.2) is 48.8 Å². The van der Waals surface area contributed by atoms with Gasteiger partial charge in [-0.15, -0.1) is 0 Å². The van der Waals surface area contributed by atoms with Crippen molar-refractivity contribution in [1.82, 2.24) is 39.5 Å². The van der Waals surface area contributed by atoms with Crippen LogP contribution in [0.2, 0.25) is 0 Å². The Morgan fingerprint density at radius 2 is 1.63 bits per heavy atom. The monoisotopic (exact) mass is 773 g/mol. The first-order valence-corrected chi connectivity index (χ1v) is 20.8. The van der Waals surface area contributed by atoms with Gasteiger partial charge in [-0.2, -0.15) is 10.1 Å². The van der Waals surface area contributed by atoms with Gasteiger partial charge in [0, 0.05) is 76.8 Å². The summed E-state index contributed by atoms with van der Waals surface area (Å²) in [4.78, 5) is 58.4. The van der Waals surface area contributed by atoms with Crippen molar-refractivity contribution in [3.63, 3.8) is 0 Å². The predicted molar refractivity (Wildman–Crippen MR) is 223 cm³/mol. The van der Waals surface area contributed by atoms with Crippen LogP contribution in [0.25, 0.3) is 21.9 Å². The normalized spacial score (nSPS) is 19.8. The van der Waals surface area contributed by atoms with Crippen LogP contribution in [-0.4, -0.2) is 92.2 Å². The Bertz CT molecular complexity index is 2270. The molecule has 0 bridgehead atoms. The summed E-state index contributed by atoms with van der Waals surface area (Å²) in [6, 6.07) is 12.6. The minimum Gasteiger partial charge on any atom is -0.370 e. The third kappa shape index (κ3) is 7.30. The summed E-state index contributed by atoms with van der Waals surface area (Å²) >= 11 is 0. The number of para-hydroxylation sites is 1. The zero-order valence-electron chi connectivity index (χ0n) is 33.9. The maximum absolute atomic E-state index is 13.1. The Kier molecular flexibility index (Phi) is 10.6. The van der Waals surface area contributed by atoms with E-state index in [4.69, 9.17) is 15.1 Å². The number of aromatic nitrogens is 6. The first kappa shape index (κ1) is 38.3. The standard InChI is InChI=1S/C41H49N11O3.C2H6/c1-48(2)39(55)32-23-26-24-43-40(46-37(26)52(32)27-7-4-5-8-27)44-33-13-11-28(25-42-33)50-19-15-41(16-20-50)17-21-51(22-18-41)31-10-6-9-29-35(47-49(3)36(29)31)30-12-14-34(53)45-38(30)54;1-2/h6,9-11,13,23-25,27,30H,4-5,7-8,12,14-22H2,1-3H3,(H,45,53,54)(H,42,43,44,46);1-2H3/t30-;/m0./s1. The molecule has 4 aliphatic rings. The molecule has 1 atom stereocenters. The van der Waals surface area contributed by atoms with E-state index in [0.717, 1.165) is 117 Å². The average Bonchev–Trinajstić information content (AvgIpc) is 3.97. The first-order chi connectivity index (χ1) is 27.7. The third-order valence-corrected chi connectivity index (χ3v) is 12.7. The average molecular weight is 774 g/mol. The summed E-state index contributed by atoms with van der Waals surface area (Å²) in [5.41, 5.74) is 5.86. The number of fused-ring (bicyclic) bond motifs is 2. The van der Waals surface area contributed by atoms with Crippen LogP contribution in [-0.2, 0) is 16.6 Å². The lowest BCUT2D eigenvalue weighted by Gasteiger charge is -2.48. The SMILES string of the molecule is CC.CN(C)C(=O)c1cc2cnc(Nc3ccc(N4CCC5(CC4)CCN(c4cccc6c([C@@H]7CCC(=O)NC7=O)nn(C)c46)CC5)cn3)nc2n1C1CCCC1. The second kappa shape index (κ2) is 15.8. The minimum atomic E-state index is -0.409. The molecule has 2 N–H and O–H groups in total. The van der Waals surface area contributed by atoms with E-state index in [1.807, 2.05) is 43.9 Å². The van der Waals surface area contributed by atoms with E-state index in [-0.39, 0.29) is 23.8 Å². The molecule has 4 aromatic heterocycles. The van der Waals surface area contributed by atoms with Crippen LogP contribution < -0.4 is 20.4 Å². The van der Waals surface area contributed by atoms with Gasteiger partial charge in [0.1, 0.15) is 17.2 Å². The molecule has 7 heterocycles. The van der Waals surface area contributed by atoms with E-state index in [1.54, 1.807) is 25.2 Å². The molecule has 5 aromatic rings. The van der Waals surface area contributed by atoms with E-state index < -0.39 is 5.92 Å². The number of hydrogen-bond donors (Lipinski definition) is 2. The van der Waals surface area contributed by atoms with Crippen LogP contribution in [0, 0.1) is 5.41 Å². The van der Waals surface area contributed by atoms with Crippen molar-refractivity contribution in [2.45, 2.75) is 90.0 Å². The van der Waals surface area contributed by atoms with Gasteiger partial charge in [-0.05, 0) is 74.6 Å². The zero-order chi connectivity index (χ0) is 39.8. The van der Waals surface area contributed by atoms with Gasteiger partial charge in [0.15, 0.2) is 0 Å². The maximum atomic E-state index is 13.1. The highest BCUT2D eigenvalue weighted by Crippen LogP contribution is 2.44. The summed E-state index contributed by atoms with van der Waals surface area (Å²) in [6.45, 7) is 7.94. The second-order valence-corrected chi connectivity index (χ2v) is 16.2. The van der Waals surface area contributed by atoms with Crippen LogP contribution in [0.3, 0.4) is 0 Å². The fraction of sp³-hybridized carbons (Fsp3) is 0.512. The van der Waals surface area contributed by atoms with Gasteiger partial charge in [0.25, 0.3) is 5.91 Å². The molecule has 300 valence electrons. The van der Waals surface area contributed by atoms with Crippen molar-refractivity contribution in [3.05, 3.63) is 60.2 Å². The van der Waals surface area contributed by atoms with Crippen molar-refractivity contribution >= 4 is 62.8 Å². The Hall–Kier alpha value is -5.53. The summed E-state index contributed by atoms with van der Waals surface area (Å²) in [5, 5.41) is 12.5. The Morgan fingerprint density at radius 3 is 2.30 bits per heavy atom. The van der Waals surface area contributed by atoms with Gasteiger partial charge in [-0.25, -0.2) is 9.97 Å². The van der Waals surface area contributed by atoms with Gasteiger partial charge in [0.05, 0.1) is 34.7 Å². The molecule has 3 aliphatic heterocycles. The van der Waals surface area contributed by atoms with Crippen molar-refractivity contribution in [1.29, 1.82) is 0 Å². The first-order valence-electron chi connectivity index (χ1n) is 20.8. The maximum Gasteiger partial charge on any atom is 0.270 e. The number of carbonyl (C=O) groups is 3. The molecule has 4 fully saturated rings. The summed E-state index contributed by atoms with van der Waals surface area (Å²) < 4.78 is 4.04. The second-order valence-electron chi connectivity index (χ2n) is 16.2. The number of rotatable bonds is 7. The molecule has 1 spiro atoms. The number of benzene rings is 1. The molecular formula is C43H55N11O3. The summed E-state index contributed by atoms with van der Waals surface area (Å²) in [6.07, 6.45) is 13.5. The number of amides is 3. The Morgan fingerprint density at radius 1 is 0.912 bits per heavy atom. The lowest BCUT2D eigenvalue weighted by molar-refractivity contribution is -0.134. The van der Waals surface area contributed by atoms with Crippen molar-refractivity contribution in [2.24, 2.45) is 12.5 Å². The van der Waals surface area contributed by atoms with Gasteiger partial charge in [-0.1, -0.05) is 38.8 Å². The number of aryl methyl sites for hydroxylation is 1. The number of hydrogen-bond acceptors (Lipinski definition) is 10. The molecule has 0 unspecified atom stereocenters. The predicted octanol–water partition coefficient (Wildman–Crippen LogP) is 6.71. The van der Waals surface area contributed by atoms with Crippen LogP contribution >= 0.6 is 0 Å². The van der Waals surface area contributed by atoms with Crippen LogP contribution in [0.5, 0.6) is 0 Å². The number of pyridine rings is 1. The number of anilines is 4. The number of piperidine rings is 3. The number of carbonyl (C=O) groups excluding carboxylic acids is 3. The number of nitrogens with zero attached hydrogens (tertiary/aromatic N) is 9. The number of imide groups is 1. The summed E-state index contributed by atoms with van der Waals surface area (Å²) in [5.74, 6) is 0.259. The highest BCUT2D eigenvalue weighted by atomic mass is 16.2. The molecule has 3 amide bonds. The van der Waals surface area contributed by atoms with E-state index >= 15 is 0 Å². The highest BCUT2D eigenvalue weighted by molar-refractivity contribution is 6.03. The molecule has 14 nitrogen and oxygen atoms in total. The van der Waals surface area contributed by atoms with Gasteiger partial charge in [-0.3, -0.25) is 24.4 Å². The topological polar surface area (TPSA) is 146 Å². The van der Waals surface area contributed by atoms with Gasteiger partial charge < -0.3 is 24.6 Å². The van der Waals surface area contributed by atoms with E-state index in [0.29, 0.717) is 35.7 Å². The molecule has 14 heteroatoms. The largest absolute Gasteiger partial charge is 0.370 e. The smallest absolute Gasteiger partial charge is 0.270 e. The lowest BCUT2D eigenvalue weighted by Crippen LogP contribution is -2.47. The third-order valence-electron chi connectivity index (χ3n) is 12.7. The van der Waals surface area contributed by atoms with Crippen molar-refractivity contribution < 1.29 is 14.4 Å². The van der Waals surface area contributed by atoms with E-state index in [2.05, 4.69) is 54.2 Å². The number of nitrogens with one attached hydrogen (secondary N) is 2. The molecule has 1 aromatic carbocycles. The molecular weight excluding hydrogens is 719 g/mol. The van der Waals surface area contributed by atoms with Gasteiger partial charge in [0.2, 0.25) is 17.8 Å². The minimum absolute atomic E-state index is 0.0205. The molecule has 1 saturated carbocycles. The summed E-state index contributed by atoms with van der Waals surface area (Å²) in [7, 11) is 5.53. The molecule has 9 rings (SSSR count). The van der Waals surface area contributed by atoms with E-state index in [1.165, 1.54) is 0 Å². The van der Waals surface area contributed by atoms with Crippen molar-refractivity contribution in [3.8, 4) is 0 Å². The van der Waals surface area contributed by atoms with Crippen molar-refractivity contribution in [2.75, 3.05) is 55.4 Å². The van der Waals surface area contributed by atoms with Crippen LogP contribution in [0.4, 0.5) is 23.1 Å². The molecule has 3 saturated heterocycles. The quantitative estimate of drug-likeness (QED) is 0.171. The fourth-order valence-electron chi connectivity index (χ4n) is 9.53. The molecule has 57 heavy (non-hydrogen) atoms. The van der Waals surface area contributed by atoms with Gasteiger partial charge >= 0.3 is 0 Å². The Labute approximate surface area is 334 Å². The zero-order valence-corrected chi connectivity index (χ0v) is 33.9. The molecule has 1 aliphatic carbocycles. The van der Waals surface area contributed by atoms with Crippen LogP contribution in [0.1, 0.15) is 106 Å². The van der Waals surface area contributed by atoms with E-state index in [9.17, 15) is 14.4 Å². The highest BCUT2D eigenvalue weighted by Gasteiger charge is 2.39. The Balaban J connectivity index is 0.00000224.